The zero-order valence-electron chi connectivity index (χ0n) is 17.4. The van der Waals surface area contributed by atoms with Crippen LogP contribution in [0.3, 0.4) is 0 Å². The molecular weight excluding hydrogens is 392 g/mol. The van der Waals surface area contributed by atoms with E-state index in [1.165, 1.54) is 0 Å². The molecule has 0 aromatic rings. The minimum absolute atomic E-state index is 0.0280. The lowest BCUT2D eigenvalue weighted by atomic mass is 9.49. The Kier molecular flexibility index (Phi) is 3.09. The lowest BCUT2D eigenvalue weighted by Crippen LogP contribution is -2.64. The van der Waals surface area contributed by atoms with Crippen LogP contribution in [0.5, 0.6) is 0 Å². The molecule has 30 heavy (non-hydrogen) atoms. The second kappa shape index (κ2) is 4.93. The molecule has 3 heterocycles. The number of ether oxygens (including phenoxy) is 3. The van der Waals surface area contributed by atoms with E-state index in [-0.39, 0.29) is 24.2 Å². The summed E-state index contributed by atoms with van der Waals surface area (Å²) >= 11 is 0. The summed E-state index contributed by atoms with van der Waals surface area (Å²) in [4.78, 5) is 37.9. The molecule has 0 amide bonds. The zero-order chi connectivity index (χ0) is 21.6. The van der Waals surface area contributed by atoms with Crippen molar-refractivity contribution in [1.82, 2.24) is 0 Å². The van der Waals surface area contributed by atoms with Crippen molar-refractivity contribution in [2.75, 3.05) is 0 Å². The first-order valence-electron chi connectivity index (χ1n) is 10.6. The molecule has 3 aliphatic heterocycles. The highest BCUT2D eigenvalue weighted by Gasteiger charge is 2.94. The fourth-order valence-corrected chi connectivity index (χ4v) is 8.87. The second-order valence-corrected chi connectivity index (χ2v) is 11.0. The van der Waals surface area contributed by atoms with E-state index in [0.29, 0.717) is 17.6 Å². The van der Waals surface area contributed by atoms with Crippen LogP contribution in [0.25, 0.3) is 0 Å². The van der Waals surface area contributed by atoms with Gasteiger partial charge in [-0.25, -0.2) is 9.59 Å². The first kappa shape index (κ1) is 18.8. The highest BCUT2D eigenvalue weighted by atomic mass is 16.6. The molecule has 0 radical (unpaired) electrons. The third kappa shape index (κ3) is 1.51. The summed E-state index contributed by atoms with van der Waals surface area (Å²) in [6, 6.07) is 0. The molecule has 3 aliphatic carbocycles. The maximum atomic E-state index is 12.8. The zero-order valence-corrected chi connectivity index (χ0v) is 17.4. The first-order chi connectivity index (χ1) is 13.9. The molecule has 162 valence electrons. The number of esters is 3. The number of fused-ring (bicyclic) bond motifs is 1. The quantitative estimate of drug-likeness (QED) is 0.434. The molecule has 6 rings (SSSR count). The summed E-state index contributed by atoms with van der Waals surface area (Å²) in [5.41, 5.74) is -2.55. The van der Waals surface area contributed by atoms with E-state index in [9.17, 15) is 24.6 Å². The lowest BCUT2D eigenvalue weighted by molar-refractivity contribution is -0.219. The van der Waals surface area contributed by atoms with Gasteiger partial charge in [0, 0.05) is 11.0 Å². The van der Waals surface area contributed by atoms with Crippen molar-refractivity contribution in [3.63, 3.8) is 0 Å². The van der Waals surface area contributed by atoms with E-state index in [1.807, 2.05) is 20.8 Å². The van der Waals surface area contributed by atoms with Gasteiger partial charge in [-0.15, -0.1) is 0 Å². The van der Waals surface area contributed by atoms with Gasteiger partial charge in [-0.05, 0) is 36.7 Å². The van der Waals surface area contributed by atoms with E-state index in [1.54, 1.807) is 6.92 Å². The van der Waals surface area contributed by atoms with E-state index in [2.05, 4.69) is 0 Å². The van der Waals surface area contributed by atoms with Crippen LogP contribution in [-0.2, 0) is 28.6 Å². The number of hydrogen-bond donors (Lipinski definition) is 2. The highest BCUT2D eigenvalue weighted by Crippen LogP contribution is 2.86. The average Bonchev–Trinajstić information content (AvgIpc) is 3.31. The van der Waals surface area contributed by atoms with Gasteiger partial charge in [-0.1, -0.05) is 20.8 Å². The van der Waals surface area contributed by atoms with Crippen LogP contribution < -0.4 is 0 Å². The summed E-state index contributed by atoms with van der Waals surface area (Å²) in [7, 11) is 0. The Labute approximate surface area is 173 Å². The normalized spacial score (nSPS) is 53.2. The molecule has 0 aromatic carbocycles. The van der Waals surface area contributed by atoms with Gasteiger partial charge in [0.25, 0.3) is 0 Å². The maximum Gasteiger partial charge on any atom is 0.336 e. The van der Waals surface area contributed by atoms with Crippen LogP contribution in [0, 0.1) is 27.6 Å². The van der Waals surface area contributed by atoms with E-state index in [4.69, 9.17) is 14.2 Å². The lowest BCUT2D eigenvalue weighted by Gasteiger charge is -2.54. The van der Waals surface area contributed by atoms with Gasteiger partial charge in [0.15, 0.2) is 12.2 Å². The first-order valence-corrected chi connectivity index (χ1v) is 10.6. The Morgan fingerprint density at radius 3 is 2.40 bits per heavy atom. The summed E-state index contributed by atoms with van der Waals surface area (Å²) in [6.45, 7) is 7.75. The molecule has 0 bridgehead atoms. The van der Waals surface area contributed by atoms with Crippen LogP contribution >= 0.6 is 0 Å². The third-order valence-electron chi connectivity index (χ3n) is 9.31. The van der Waals surface area contributed by atoms with Gasteiger partial charge in [0.1, 0.15) is 18.3 Å². The standard InChI is InChI=1S/C22H26O8/c1-8-13-14(30-17(8)26)15(24)22-10-5-9(19(2,3)4)21(22)11(29-18(27)16(21)25)6-20(13,22)7-12(23)28-10/h9-11,14-16,24-25H,5-7H2,1-4H3/t9-,10+,11-,14+,15-,16-,20+,21+,22-/m0/s1. The summed E-state index contributed by atoms with van der Waals surface area (Å²) < 4.78 is 17.2. The van der Waals surface area contributed by atoms with E-state index in [0.717, 1.165) is 0 Å². The number of rotatable bonds is 0. The van der Waals surface area contributed by atoms with Crippen LogP contribution in [0.2, 0.25) is 0 Å². The Morgan fingerprint density at radius 1 is 1.03 bits per heavy atom. The SMILES string of the molecule is CC1=C2[C@@H](OC1=O)[C@H](O)[C@]13[C@H]4C[C@@H](C(C)(C)C)[C@]15[C@H](C[C@@]23CC(=O)O4)OC(=O)[C@@H]5O. The predicted octanol–water partition coefficient (Wildman–Crippen LogP) is 0.633. The van der Waals surface area contributed by atoms with Crippen LogP contribution in [0.4, 0.5) is 0 Å². The van der Waals surface area contributed by atoms with Crippen molar-refractivity contribution in [1.29, 1.82) is 0 Å². The minimum Gasteiger partial charge on any atom is -0.462 e. The Hall–Kier alpha value is -1.93. The monoisotopic (exact) mass is 418 g/mol. The minimum atomic E-state index is -1.44. The molecule has 2 N–H and O–H groups in total. The van der Waals surface area contributed by atoms with Gasteiger partial charge in [0.2, 0.25) is 0 Å². The van der Waals surface area contributed by atoms with Crippen molar-refractivity contribution >= 4 is 17.9 Å². The van der Waals surface area contributed by atoms with Crippen molar-refractivity contribution < 1.29 is 38.8 Å². The van der Waals surface area contributed by atoms with Gasteiger partial charge in [-0.3, -0.25) is 4.79 Å². The van der Waals surface area contributed by atoms with Gasteiger partial charge < -0.3 is 24.4 Å². The molecule has 6 aliphatic rings. The molecule has 2 saturated heterocycles. The van der Waals surface area contributed by atoms with Crippen molar-refractivity contribution in [3.05, 3.63) is 11.1 Å². The number of carbonyl (C=O) groups is 3. The molecule has 0 unspecified atom stereocenters. The largest absolute Gasteiger partial charge is 0.462 e. The molecule has 3 saturated carbocycles. The van der Waals surface area contributed by atoms with Gasteiger partial charge >= 0.3 is 17.9 Å². The van der Waals surface area contributed by atoms with Crippen molar-refractivity contribution in [2.24, 2.45) is 27.6 Å². The van der Waals surface area contributed by atoms with Gasteiger partial charge in [0.05, 0.1) is 17.3 Å². The van der Waals surface area contributed by atoms with Crippen LogP contribution in [0.15, 0.2) is 11.1 Å². The molecular formula is C22H26O8. The Balaban J connectivity index is 1.73. The highest BCUT2D eigenvalue weighted by molar-refractivity contribution is 5.94. The van der Waals surface area contributed by atoms with E-state index < -0.39 is 64.7 Å². The fraction of sp³-hybridized carbons (Fsp3) is 0.773. The van der Waals surface area contributed by atoms with Crippen molar-refractivity contribution in [3.8, 4) is 0 Å². The van der Waals surface area contributed by atoms with Crippen molar-refractivity contribution in [2.45, 2.75) is 77.5 Å². The third-order valence-corrected chi connectivity index (χ3v) is 9.31. The molecule has 8 nitrogen and oxygen atoms in total. The molecule has 8 heteroatoms. The van der Waals surface area contributed by atoms with Gasteiger partial charge in [-0.2, -0.15) is 0 Å². The number of aliphatic hydroxyl groups is 2. The smallest absolute Gasteiger partial charge is 0.336 e. The number of hydrogen-bond acceptors (Lipinski definition) is 8. The Morgan fingerprint density at radius 2 is 1.73 bits per heavy atom. The summed E-state index contributed by atoms with van der Waals surface area (Å²) in [5.74, 6) is -1.84. The molecule has 2 spiro atoms. The summed E-state index contributed by atoms with van der Waals surface area (Å²) in [6.07, 6.45) is -4.26. The fourth-order valence-electron chi connectivity index (χ4n) is 8.87. The summed E-state index contributed by atoms with van der Waals surface area (Å²) in [5, 5.41) is 23.2. The predicted molar refractivity (Wildman–Crippen MR) is 98.4 cm³/mol. The van der Waals surface area contributed by atoms with Crippen LogP contribution in [-0.4, -0.2) is 58.6 Å². The van der Waals surface area contributed by atoms with Crippen LogP contribution in [0.1, 0.15) is 47.0 Å². The number of carbonyl (C=O) groups excluding carboxylic acids is 3. The Bertz CT molecular complexity index is 961. The second-order valence-electron chi connectivity index (χ2n) is 11.0. The molecule has 0 aromatic heterocycles. The maximum absolute atomic E-state index is 12.8. The molecule has 9 atom stereocenters. The van der Waals surface area contributed by atoms with E-state index >= 15 is 0 Å². The average molecular weight is 418 g/mol. The topological polar surface area (TPSA) is 119 Å². The molecule has 5 fully saturated rings. The number of aliphatic hydroxyl groups excluding tert-OH is 2.